The maximum atomic E-state index is 6.26. The van der Waals surface area contributed by atoms with Gasteiger partial charge in [0.25, 0.3) is 0 Å². The van der Waals surface area contributed by atoms with Crippen molar-refractivity contribution in [1.82, 2.24) is 0 Å². The Hall–Kier alpha value is -0.733. The van der Waals surface area contributed by atoms with Crippen molar-refractivity contribution in [3.63, 3.8) is 0 Å². The van der Waals surface area contributed by atoms with E-state index in [2.05, 4.69) is 31.8 Å². The van der Waals surface area contributed by atoms with Crippen molar-refractivity contribution in [2.75, 3.05) is 0 Å². The fraction of sp³-hybridized carbons (Fsp3) is 0.467. The zero-order valence-electron chi connectivity index (χ0n) is 11.4. The van der Waals surface area contributed by atoms with Gasteiger partial charge in [0, 0.05) is 11.4 Å². The molecule has 1 aliphatic carbocycles. The highest BCUT2D eigenvalue weighted by Gasteiger charge is 2.22. The molecular formula is C15H21ClOSi. The zero-order chi connectivity index (χ0) is 13.2. The highest BCUT2D eigenvalue weighted by atomic mass is 35.5. The maximum absolute atomic E-state index is 6.26. The summed E-state index contributed by atoms with van der Waals surface area (Å²) >= 11 is 5.95. The summed E-state index contributed by atoms with van der Waals surface area (Å²) in [6.45, 7) is 6.73. The predicted octanol–water partition coefficient (Wildman–Crippen LogP) is 5.48. The number of hydrogen-bond acceptors (Lipinski definition) is 1. The van der Waals surface area contributed by atoms with Crippen molar-refractivity contribution in [2.24, 2.45) is 0 Å². The molecule has 0 spiro atoms. The molecule has 18 heavy (non-hydrogen) atoms. The standard InChI is InChI=1S/C15H21ClOSi/c1-18(2,3)17-15-7-5-4-6-14(15)12-8-10-13(16)11-9-12/h8-11H,4-7H2,1-3H3. The van der Waals surface area contributed by atoms with E-state index in [-0.39, 0.29) is 0 Å². The predicted molar refractivity (Wildman–Crippen MR) is 81.3 cm³/mol. The van der Waals surface area contributed by atoms with Crippen molar-refractivity contribution in [1.29, 1.82) is 0 Å². The van der Waals surface area contributed by atoms with E-state index in [1.165, 1.54) is 29.7 Å². The number of allylic oxidation sites excluding steroid dienone is 2. The van der Waals surface area contributed by atoms with Crippen LogP contribution in [0.1, 0.15) is 31.2 Å². The van der Waals surface area contributed by atoms with E-state index in [9.17, 15) is 0 Å². The minimum atomic E-state index is -1.51. The molecular weight excluding hydrogens is 260 g/mol. The second-order valence-corrected chi connectivity index (χ2v) is 10.7. The Balaban J connectivity index is 2.33. The molecule has 0 amide bonds. The minimum absolute atomic E-state index is 0.794. The van der Waals surface area contributed by atoms with E-state index in [1.54, 1.807) is 0 Å². The van der Waals surface area contributed by atoms with Crippen LogP contribution >= 0.6 is 11.6 Å². The minimum Gasteiger partial charge on any atom is -0.547 e. The zero-order valence-corrected chi connectivity index (χ0v) is 13.2. The van der Waals surface area contributed by atoms with Crippen LogP contribution in [0.5, 0.6) is 0 Å². The highest BCUT2D eigenvalue weighted by Crippen LogP contribution is 2.34. The molecule has 0 unspecified atom stereocenters. The molecule has 0 heterocycles. The molecule has 0 atom stereocenters. The first-order chi connectivity index (χ1) is 8.46. The summed E-state index contributed by atoms with van der Waals surface area (Å²) in [6, 6.07) is 8.14. The van der Waals surface area contributed by atoms with Crippen LogP contribution in [0.4, 0.5) is 0 Å². The van der Waals surface area contributed by atoms with Crippen molar-refractivity contribution in [2.45, 2.75) is 45.3 Å². The first-order valence-corrected chi connectivity index (χ1v) is 10.4. The Morgan fingerprint density at radius 3 is 2.22 bits per heavy atom. The van der Waals surface area contributed by atoms with Crippen LogP contribution in [0, 0.1) is 0 Å². The summed E-state index contributed by atoms with van der Waals surface area (Å²) in [7, 11) is -1.51. The molecule has 98 valence electrons. The molecule has 0 aromatic heterocycles. The molecule has 0 radical (unpaired) electrons. The first-order valence-electron chi connectivity index (χ1n) is 6.63. The van der Waals surface area contributed by atoms with E-state index in [0.29, 0.717) is 0 Å². The second-order valence-electron chi connectivity index (χ2n) is 5.83. The molecule has 0 fully saturated rings. The lowest BCUT2D eigenvalue weighted by Gasteiger charge is -2.28. The van der Waals surface area contributed by atoms with Gasteiger partial charge < -0.3 is 4.43 Å². The topological polar surface area (TPSA) is 9.23 Å². The average molecular weight is 281 g/mol. The highest BCUT2D eigenvalue weighted by molar-refractivity contribution is 6.70. The smallest absolute Gasteiger partial charge is 0.241 e. The van der Waals surface area contributed by atoms with Gasteiger partial charge in [0.1, 0.15) is 0 Å². The summed E-state index contributed by atoms with van der Waals surface area (Å²) in [5.41, 5.74) is 2.66. The molecule has 0 saturated carbocycles. The van der Waals surface area contributed by atoms with Crippen LogP contribution in [-0.4, -0.2) is 8.32 Å². The van der Waals surface area contributed by atoms with Crippen LogP contribution in [-0.2, 0) is 4.43 Å². The number of benzene rings is 1. The van der Waals surface area contributed by atoms with E-state index in [0.717, 1.165) is 17.9 Å². The van der Waals surface area contributed by atoms with Gasteiger partial charge in [-0.15, -0.1) is 0 Å². The Morgan fingerprint density at radius 1 is 1.00 bits per heavy atom. The number of hydrogen-bond donors (Lipinski definition) is 0. The molecule has 0 aliphatic heterocycles. The van der Waals surface area contributed by atoms with Gasteiger partial charge in [-0.2, -0.15) is 0 Å². The van der Waals surface area contributed by atoms with E-state index in [4.69, 9.17) is 16.0 Å². The molecule has 1 aromatic rings. The third-order valence-corrected chi connectivity index (χ3v) is 4.15. The summed E-state index contributed by atoms with van der Waals surface area (Å²) in [4.78, 5) is 0. The SMILES string of the molecule is C[Si](C)(C)OC1=C(c2ccc(Cl)cc2)CCCC1. The van der Waals surface area contributed by atoms with Crippen LogP contribution < -0.4 is 0 Å². The normalized spacial score (nSPS) is 16.9. The van der Waals surface area contributed by atoms with E-state index < -0.39 is 8.32 Å². The van der Waals surface area contributed by atoms with E-state index >= 15 is 0 Å². The monoisotopic (exact) mass is 280 g/mol. The fourth-order valence-electron chi connectivity index (χ4n) is 2.32. The third kappa shape index (κ3) is 3.63. The van der Waals surface area contributed by atoms with Crippen molar-refractivity contribution >= 4 is 25.5 Å². The summed E-state index contributed by atoms with van der Waals surface area (Å²) in [5.74, 6) is 1.22. The number of rotatable bonds is 3. The number of halogens is 1. The van der Waals surface area contributed by atoms with Crippen molar-refractivity contribution in [3.05, 3.63) is 40.6 Å². The Kier molecular flexibility index (Phi) is 4.18. The van der Waals surface area contributed by atoms with Crippen LogP contribution in [0.2, 0.25) is 24.7 Å². The molecule has 0 bridgehead atoms. The quantitative estimate of drug-likeness (QED) is 0.667. The van der Waals surface area contributed by atoms with Gasteiger partial charge in [0.05, 0.1) is 5.76 Å². The summed E-state index contributed by atoms with van der Waals surface area (Å²) < 4.78 is 6.26. The lowest BCUT2D eigenvalue weighted by atomic mass is 9.92. The van der Waals surface area contributed by atoms with Gasteiger partial charge in [0.2, 0.25) is 8.32 Å². The molecule has 2 rings (SSSR count). The van der Waals surface area contributed by atoms with Gasteiger partial charge in [-0.1, -0.05) is 23.7 Å². The third-order valence-electron chi connectivity index (χ3n) is 3.04. The summed E-state index contributed by atoms with van der Waals surface area (Å²) in [6.07, 6.45) is 4.72. The second kappa shape index (κ2) is 5.50. The molecule has 3 heteroatoms. The molecule has 1 aliphatic rings. The molecule has 0 saturated heterocycles. The van der Waals surface area contributed by atoms with Crippen LogP contribution in [0.3, 0.4) is 0 Å². The molecule has 0 N–H and O–H groups in total. The van der Waals surface area contributed by atoms with Crippen LogP contribution in [0.25, 0.3) is 5.57 Å². The first kappa shape index (κ1) is 13.7. The van der Waals surface area contributed by atoms with Crippen LogP contribution in [0.15, 0.2) is 30.0 Å². The van der Waals surface area contributed by atoms with Gasteiger partial charge in [-0.25, -0.2) is 0 Å². The Morgan fingerprint density at radius 2 is 1.61 bits per heavy atom. The Labute approximate surface area is 116 Å². The largest absolute Gasteiger partial charge is 0.547 e. The lowest BCUT2D eigenvalue weighted by molar-refractivity contribution is 0.385. The van der Waals surface area contributed by atoms with Crippen molar-refractivity contribution in [3.8, 4) is 0 Å². The fourth-order valence-corrected chi connectivity index (χ4v) is 3.41. The Bertz CT molecular complexity index is 443. The average Bonchev–Trinajstić information content (AvgIpc) is 2.29. The van der Waals surface area contributed by atoms with E-state index in [1.807, 2.05) is 12.1 Å². The van der Waals surface area contributed by atoms with Gasteiger partial charge in [-0.3, -0.25) is 0 Å². The molecule has 1 aromatic carbocycles. The van der Waals surface area contributed by atoms with Gasteiger partial charge >= 0.3 is 0 Å². The molecule has 1 nitrogen and oxygen atoms in total. The maximum Gasteiger partial charge on any atom is 0.241 e. The van der Waals surface area contributed by atoms with Crippen molar-refractivity contribution < 1.29 is 4.43 Å². The summed E-state index contributed by atoms with van der Waals surface area (Å²) in [5, 5.41) is 0.794. The lowest BCUT2D eigenvalue weighted by Crippen LogP contribution is -2.26. The van der Waals surface area contributed by atoms with Gasteiger partial charge in [0.15, 0.2) is 0 Å². The van der Waals surface area contributed by atoms with Gasteiger partial charge in [-0.05, 0) is 62.2 Å².